The minimum absolute atomic E-state index is 0.471. The van der Waals surface area contributed by atoms with Gasteiger partial charge in [0.2, 0.25) is 0 Å². The number of hydrogen-bond acceptors (Lipinski definition) is 1. The summed E-state index contributed by atoms with van der Waals surface area (Å²) >= 11 is 0. The lowest BCUT2D eigenvalue weighted by atomic mass is 9.67. The molecule has 10 rings (SSSR count). The molecule has 8 aromatic rings. The fraction of sp³-hybridized carbons (Fsp3) is 0.0222. The Morgan fingerprint density at radius 3 is 1.96 bits per heavy atom. The molecule has 0 amide bonds. The third kappa shape index (κ3) is 3.40. The number of benzene rings is 8. The zero-order chi connectivity index (χ0) is 30.2. The van der Waals surface area contributed by atoms with Gasteiger partial charge in [-0.15, -0.1) is 0 Å². The van der Waals surface area contributed by atoms with E-state index in [4.69, 9.17) is 4.74 Å². The molecule has 0 spiro atoms. The summed E-state index contributed by atoms with van der Waals surface area (Å²) < 4.78 is 6.43. The molecule has 214 valence electrons. The molecular formula is C45H28O. The van der Waals surface area contributed by atoms with E-state index in [1.54, 1.807) is 0 Å². The smallest absolute Gasteiger partial charge is 0.135 e. The van der Waals surface area contributed by atoms with Crippen LogP contribution in [0.15, 0.2) is 170 Å². The van der Waals surface area contributed by atoms with Gasteiger partial charge in [0.1, 0.15) is 11.5 Å². The van der Waals surface area contributed by atoms with Crippen LogP contribution >= 0.6 is 0 Å². The van der Waals surface area contributed by atoms with Gasteiger partial charge in [0.15, 0.2) is 0 Å². The summed E-state index contributed by atoms with van der Waals surface area (Å²) in [6, 6.07) is 62.2. The Labute approximate surface area is 268 Å². The lowest BCUT2D eigenvalue weighted by molar-refractivity contribution is 0.487. The van der Waals surface area contributed by atoms with Crippen LogP contribution in [0.1, 0.15) is 22.3 Å². The molecule has 1 nitrogen and oxygen atoms in total. The van der Waals surface area contributed by atoms with Crippen molar-refractivity contribution in [2.75, 3.05) is 0 Å². The molecule has 0 radical (unpaired) electrons. The Bertz CT molecular complexity index is 2510. The minimum atomic E-state index is -0.471. The third-order valence-corrected chi connectivity index (χ3v) is 10.1. The van der Waals surface area contributed by atoms with Crippen LogP contribution in [0, 0.1) is 0 Å². The summed E-state index contributed by atoms with van der Waals surface area (Å²) in [5.74, 6) is 1.82. The number of ether oxygens (including phenoxy) is 1. The van der Waals surface area contributed by atoms with Crippen LogP contribution in [0.4, 0.5) is 0 Å². The average Bonchev–Trinajstić information content (AvgIpc) is 3.41. The topological polar surface area (TPSA) is 9.23 Å². The quantitative estimate of drug-likeness (QED) is 0.201. The summed E-state index contributed by atoms with van der Waals surface area (Å²) in [6.45, 7) is 0. The monoisotopic (exact) mass is 584 g/mol. The third-order valence-electron chi connectivity index (χ3n) is 10.1. The van der Waals surface area contributed by atoms with Crippen LogP contribution in [0.2, 0.25) is 0 Å². The Kier molecular flexibility index (Phi) is 5.27. The molecule has 1 aliphatic carbocycles. The fourth-order valence-corrected chi connectivity index (χ4v) is 8.19. The fourth-order valence-electron chi connectivity index (χ4n) is 8.19. The standard InChI is InChI=1S/C45H28O/c1-2-15-32(16-3-1)45(40-22-8-6-18-35(40)39-27-29-12-4-5-13-30(29)28-41(39)45)33-17-10-14-31(26-33)34-24-25-43-44-37(34)20-11-21-38(44)36-19-7-9-23-42(36)46-43/h1-28H. The molecule has 8 aromatic carbocycles. The van der Waals surface area contributed by atoms with E-state index in [0.717, 1.165) is 17.1 Å². The highest BCUT2D eigenvalue weighted by Crippen LogP contribution is 2.57. The van der Waals surface area contributed by atoms with E-state index in [2.05, 4.69) is 164 Å². The highest BCUT2D eigenvalue weighted by molar-refractivity contribution is 6.10. The van der Waals surface area contributed by atoms with Crippen molar-refractivity contribution in [2.45, 2.75) is 5.41 Å². The molecule has 2 aliphatic rings. The van der Waals surface area contributed by atoms with Gasteiger partial charge in [0.05, 0.1) is 5.41 Å². The van der Waals surface area contributed by atoms with Crippen molar-refractivity contribution in [2.24, 2.45) is 0 Å². The van der Waals surface area contributed by atoms with Crippen LogP contribution in [0.25, 0.3) is 54.9 Å². The number of fused-ring (bicyclic) bond motifs is 6. The average molecular weight is 585 g/mol. The molecule has 0 saturated heterocycles. The van der Waals surface area contributed by atoms with Crippen LogP contribution < -0.4 is 4.74 Å². The predicted octanol–water partition coefficient (Wildman–Crippen LogP) is 11.8. The summed E-state index contributed by atoms with van der Waals surface area (Å²) in [4.78, 5) is 0. The second-order valence-electron chi connectivity index (χ2n) is 12.4. The SMILES string of the molecule is c1ccc(C2(c3cccc(-c4ccc5c6c(cccc46)-c4ccccc4O5)c3)c3ccccc3-c3cc4ccccc4cc32)cc1. The molecule has 1 heteroatoms. The number of hydrogen-bond donors (Lipinski definition) is 0. The lowest BCUT2D eigenvalue weighted by Gasteiger charge is -2.34. The van der Waals surface area contributed by atoms with Gasteiger partial charge in [-0.3, -0.25) is 0 Å². The maximum Gasteiger partial charge on any atom is 0.135 e. The van der Waals surface area contributed by atoms with E-state index >= 15 is 0 Å². The Morgan fingerprint density at radius 1 is 0.370 bits per heavy atom. The molecule has 0 bridgehead atoms. The second-order valence-corrected chi connectivity index (χ2v) is 12.4. The first kappa shape index (κ1) is 25.4. The van der Waals surface area contributed by atoms with Crippen LogP contribution in [0.3, 0.4) is 0 Å². The van der Waals surface area contributed by atoms with Crippen molar-refractivity contribution in [1.82, 2.24) is 0 Å². The highest BCUT2D eigenvalue weighted by atomic mass is 16.5. The van der Waals surface area contributed by atoms with Crippen molar-refractivity contribution >= 4 is 21.5 Å². The molecule has 0 N–H and O–H groups in total. The molecular weight excluding hydrogens is 556 g/mol. The molecule has 46 heavy (non-hydrogen) atoms. The van der Waals surface area contributed by atoms with E-state index in [1.807, 2.05) is 6.07 Å². The van der Waals surface area contributed by atoms with Crippen molar-refractivity contribution in [1.29, 1.82) is 0 Å². The summed E-state index contributed by atoms with van der Waals surface area (Å²) in [7, 11) is 0. The van der Waals surface area contributed by atoms with Gasteiger partial charge in [0.25, 0.3) is 0 Å². The van der Waals surface area contributed by atoms with E-state index in [1.165, 1.54) is 71.6 Å². The summed E-state index contributed by atoms with van der Waals surface area (Å²) in [5, 5.41) is 4.90. The van der Waals surface area contributed by atoms with E-state index in [9.17, 15) is 0 Å². The van der Waals surface area contributed by atoms with Crippen molar-refractivity contribution in [3.8, 4) is 44.9 Å². The van der Waals surface area contributed by atoms with Gasteiger partial charge in [-0.25, -0.2) is 0 Å². The van der Waals surface area contributed by atoms with E-state index in [0.29, 0.717) is 0 Å². The van der Waals surface area contributed by atoms with E-state index < -0.39 is 5.41 Å². The summed E-state index contributed by atoms with van der Waals surface area (Å²) in [6.07, 6.45) is 0. The summed E-state index contributed by atoms with van der Waals surface area (Å²) in [5.41, 5.74) is 12.1. The van der Waals surface area contributed by atoms with Crippen molar-refractivity contribution in [3.05, 3.63) is 192 Å². The molecule has 1 atom stereocenters. The minimum Gasteiger partial charge on any atom is -0.456 e. The van der Waals surface area contributed by atoms with Crippen molar-refractivity contribution in [3.63, 3.8) is 0 Å². The van der Waals surface area contributed by atoms with Gasteiger partial charge < -0.3 is 4.74 Å². The molecule has 0 aromatic heterocycles. The number of para-hydroxylation sites is 1. The Hall–Kier alpha value is -5.92. The molecule has 1 unspecified atom stereocenters. The predicted molar refractivity (Wildman–Crippen MR) is 190 cm³/mol. The molecule has 0 fully saturated rings. The zero-order valence-electron chi connectivity index (χ0n) is 25.1. The van der Waals surface area contributed by atoms with Crippen LogP contribution in [0.5, 0.6) is 11.5 Å². The van der Waals surface area contributed by atoms with Gasteiger partial charge in [0, 0.05) is 10.9 Å². The molecule has 1 heterocycles. The maximum atomic E-state index is 6.43. The number of rotatable bonds is 3. The van der Waals surface area contributed by atoms with Gasteiger partial charge in [-0.2, -0.15) is 0 Å². The Balaban J connectivity index is 1.26. The normalized spacial score (nSPS) is 15.7. The van der Waals surface area contributed by atoms with Gasteiger partial charge >= 0.3 is 0 Å². The van der Waals surface area contributed by atoms with Crippen LogP contribution in [-0.4, -0.2) is 0 Å². The van der Waals surface area contributed by atoms with E-state index in [-0.39, 0.29) is 0 Å². The first-order chi connectivity index (χ1) is 22.8. The molecule has 0 saturated carbocycles. The second kappa shape index (κ2) is 9.54. The highest BCUT2D eigenvalue weighted by Gasteiger charge is 2.46. The van der Waals surface area contributed by atoms with Gasteiger partial charge in [-0.05, 0) is 96.6 Å². The first-order valence-electron chi connectivity index (χ1n) is 15.9. The maximum absolute atomic E-state index is 6.43. The molecule has 1 aliphatic heterocycles. The zero-order valence-corrected chi connectivity index (χ0v) is 25.1. The largest absolute Gasteiger partial charge is 0.456 e. The van der Waals surface area contributed by atoms with Crippen LogP contribution in [-0.2, 0) is 5.41 Å². The first-order valence-corrected chi connectivity index (χ1v) is 15.9. The van der Waals surface area contributed by atoms with Crippen molar-refractivity contribution < 1.29 is 4.74 Å². The van der Waals surface area contributed by atoms with Gasteiger partial charge in [-0.1, -0.05) is 140 Å². The lowest BCUT2D eigenvalue weighted by Crippen LogP contribution is -2.28. The Morgan fingerprint density at radius 2 is 1.07 bits per heavy atom.